The van der Waals surface area contributed by atoms with E-state index >= 15 is 0 Å². The number of rotatable bonds is 6. The molecule has 2 N–H and O–H groups in total. The number of fused-ring (bicyclic) bond motifs is 3. The summed E-state index contributed by atoms with van der Waals surface area (Å²) in [7, 11) is 0. The van der Waals surface area contributed by atoms with Crippen molar-refractivity contribution in [2.45, 2.75) is 26.8 Å². The van der Waals surface area contributed by atoms with Crippen LogP contribution in [0.15, 0.2) is 42.5 Å². The fourth-order valence-corrected chi connectivity index (χ4v) is 3.72. The maximum Gasteiger partial charge on any atom is 0.412 e. The van der Waals surface area contributed by atoms with Crippen molar-refractivity contribution in [2.75, 3.05) is 19.8 Å². The van der Waals surface area contributed by atoms with Crippen LogP contribution in [-0.4, -0.2) is 68.7 Å². The first kappa shape index (κ1) is 26.0. The van der Waals surface area contributed by atoms with Crippen LogP contribution in [-0.2, 0) is 20.8 Å². The van der Waals surface area contributed by atoms with Gasteiger partial charge in [0.15, 0.2) is 5.82 Å². The Hall–Kier alpha value is -5.05. The van der Waals surface area contributed by atoms with Crippen molar-refractivity contribution in [1.82, 2.24) is 30.4 Å². The van der Waals surface area contributed by atoms with Crippen LogP contribution in [0, 0.1) is 17.3 Å². The van der Waals surface area contributed by atoms with E-state index in [2.05, 4.69) is 32.7 Å². The van der Waals surface area contributed by atoms with Crippen LogP contribution in [0.2, 0.25) is 0 Å². The summed E-state index contributed by atoms with van der Waals surface area (Å²) in [5.41, 5.74) is 2.66. The quantitative estimate of drug-likeness (QED) is 0.219. The Morgan fingerprint density at radius 3 is 2.50 bits per heavy atom. The summed E-state index contributed by atoms with van der Waals surface area (Å²) in [5, 5.41) is 22.1. The van der Waals surface area contributed by atoms with E-state index < -0.39 is 6.09 Å². The Kier molecular flexibility index (Phi) is 8.07. The van der Waals surface area contributed by atoms with Gasteiger partial charge in [0.05, 0.1) is 37.4 Å². The van der Waals surface area contributed by atoms with Gasteiger partial charge in [-0.1, -0.05) is 24.0 Å². The van der Waals surface area contributed by atoms with Gasteiger partial charge in [0.1, 0.15) is 5.84 Å². The second-order valence-corrected chi connectivity index (χ2v) is 8.07. The van der Waals surface area contributed by atoms with E-state index in [0.717, 1.165) is 0 Å². The van der Waals surface area contributed by atoms with Crippen molar-refractivity contribution in [2.24, 2.45) is 0 Å². The number of alkyl carbamates (subject to hydrolysis) is 1. The molecule has 0 fully saturated rings. The van der Waals surface area contributed by atoms with Crippen molar-refractivity contribution in [3.05, 3.63) is 70.5 Å². The van der Waals surface area contributed by atoms with Crippen LogP contribution in [0.1, 0.15) is 53.1 Å². The molecule has 0 atom stereocenters. The number of carbonyl (C=O) groups excluding carboxylic acids is 3. The van der Waals surface area contributed by atoms with Gasteiger partial charge in [0, 0.05) is 23.2 Å². The van der Waals surface area contributed by atoms with Gasteiger partial charge in [0.25, 0.3) is 5.91 Å². The predicted octanol–water partition coefficient (Wildman–Crippen LogP) is 2.04. The molecule has 0 saturated carbocycles. The molecule has 1 aliphatic rings. The number of hydrogen-bond donors (Lipinski definition) is 2. The van der Waals surface area contributed by atoms with Gasteiger partial charge in [-0.05, 0) is 54.6 Å². The smallest absolute Gasteiger partial charge is 0.412 e. The third-order valence-corrected chi connectivity index (χ3v) is 5.53. The first-order chi connectivity index (χ1) is 18.4. The number of benzene rings is 2. The summed E-state index contributed by atoms with van der Waals surface area (Å²) in [4.78, 5) is 38.3. The van der Waals surface area contributed by atoms with Gasteiger partial charge in [-0.15, -0.1) is 5.10 Å². The SMILES string of the molecule is CCOC(=O)CCN1Cc2nnnn2-c2ccc(C#Cc3ccc(C(=N)NC(=O)OCC)cc3)cc2C1=O. The van der Waals surface area contributed by atoms with E-state index in [1.165, 1.54) is 9.58 Å². The highest BCUT2D eigenvalue weighted by Crippen LogP contribution is 2.24. The molecular formula is C26H25N7O5. The monoisotopic (exact) mass is 515 g/mol. The van der Waals surface area contributed by atoms with E-state index in [9.17, 15) is 14.4 Å². The molecule has 0 saturated heterocycles. The van der Waals surface area contributed by atoms with E-state index in [0.29, 0.717) is 33.8 Å². The van der Waals surface area contributed by atoms with Crippen molar-refractivity contribution in [3.8, 4) is 17.5 Å². The maximum atomic E-state index is 13.4. The molecule has 3 aromatic rings. The molecule has 2 amide bonds. The number of amides is 2. The normalized spacial score (nSPS) is 11.8. The van der Waals surface area contributed by atoms with Gasteiger partial charge in [-0.3, -0.25) is 20.3 Å². The first-order valence-electron chi connectivity index (χ1n) is 11.9. The number of amidine groups is 1. The zero-order valence-electron chi connectivity index (χ0n) is 20.9. The average molecular weight is 516 g/mol. The zero-order chi connectivity index (χ0) is 27.1. The second-order valence-electron chi connectivity index (χ2n) is 8.07. The lowest BCUT2D eigenvalue weighted by Crippen LogP contribution is -2.32. The third kappa shape index (κ3) is 6.01. The second kappa shape index (κ2) is 11.8. The molecule has 2 aromatic carbocycles. The molecule has 0 bridgehead atoms. The standard InChI is InChI=1S/C26H25N7O5/c1-3-37-23(34)13-14-32-16-22-29-30-31-33(22)21-12-9-18(15-20(21)25(32)35)6-5-17-7-10-19(11-8-17)24(27)28-26(36)38-4-2/h7-12,15H,3-4,13-14,16H2,1-2H3,(H2,27,28,36). The molecule has 0 unspecified atom stereocenters. The average Bonchev–Trinajstić information content (AvgIpc) is 3.34. The summed E-state index contributed by atoms with van der Waals surface area (Å²) < 4.78 is 11.3. The van der Waals surface area contributed by atoms with Crippen LogP contribution in [0.3, 0.4) is 0 Å². The largest absolute Gasteiger partial charge is 0.466 e. The molecule has 12 nitrogen and oxygen atoms in total. The number of carbonyl (C=O) groups is 3. The molecule has 194 valence electrons. The minimum Gasteiger partial charge on any atom is -0.466 e. The van der Waals surface area contributed by atoms with Gasteiger partial charge >= 0.3 is 12.1 Å². The summed E-state index contributed by atoms with van der Waals surface area (Å²) in [6.45, 7) is 4.20. The number of esters is 1. The summed E-state index contributed by atoms with van der Waals surface area (Å²) in [6.07, 6.45) is -0.633. The maximum absolute atomic E-state index is 13.4. The van der Waals surface area contributed by atoms with Gasteiger partial charge in [-0.25, -0.2) is 4.79 Å². The highest BCUT2D eigenvalue weighted by molar-refractivity contribution is 6.04. The third-order valence-electron chi connectivity index (χ3n) is 5.53. The van der Waals surface area contributed by atoms with Crippen LogP contribution in [0.25, 0.3) is 5.69 Å². The lowest BCUT2D eigenvalue weighted by Gasteiger charge is -2.19. The number of nitrogens with zero attached hydrogens (tertiary/aromatic N) is 5. The topological polar surface area (TPSA) is 152 Å². The lowest BCUT2D eigenvalue weighted by atomic mass is 10.1. The fraction of sp³-hybridized carbons (Fsp3) is 0.269. The Bertz CT molecular complexity index is 1440. The molecule has 4 rings (SSSR count). The molecule has 0 spiro atoms. The summed E-state index contributed by atoms with van der Waals surface area (Å²) in [6, 6.07) is 12.0. The van der Waals surface area contributed by atoms with Gasteiger partial charge in [-0.2, -0.15) is 4.68 Å². The Morgan fingerprint density at radius 2 is 1.76 bits per heavy atom. The minimum absolute atomic E-state index is 0.0543. The summed E-state index contributed by atoms with van der Waals surface area (Å²) in [5.74, 6) is 5.81. The Balaban J connectivity index is 1.54. The summed E-state index contributed by atoms with van der Waals surface area (Å²) >= 11 is 0. The van der Waals surface area contributed by atoms with Crippen molar-refractivity contribution in [1.29, 1.82) is 5.41 Å². The van der Waals surface area contributed by atoms with Crippen molar-refractivity contribution >= 4 is 23.8 Å². The van der Waals surface area contributed by atoms with E-state index in [-0.39, 0.29) is 50.4 Å². The molecule has 1 aromatic heterocycles. The zero-order valence-corrected chi connectivity index (χ0v) is 20.9. The van der Waals surface area contributed by atoms with E-state index in [1.54, 1.807) is 56.3 Å². The first-order valence-corrected chi connectivity index (χ1v) is 11.9. The number of ether oxygens (including phenoxy) is 2. The van der Waals surface area contributed by atoms with Crippen LogP contribution < -0.4 is 5.32 Å². The van der Waals surface area contributed by atoms with Crippen molar-refractivity contribution < 1.29 is 23.9 Å². The number of aromatic nitrogens is 4. The highest BCUT2D eigenvalue weighted by atomic mass is 16.5. The fourth-order valence-electron chi connectivity index (χ4n) is 3.72. The predicted molar refractivity (Wildman–Crippen MR) is 135 cm³/mol. The number of hydrogen-bond acceptors (Lipinski definition) is 9. The molecule has 0 radical (unpaired) electrons. The van der Waals surface area contributed by atoms with Gasteiger partial charge < -0.3 is 14.4 Å². The molecule has 1 aliphatic heterocycles. The Morgan fingerprint density at radius 1 is 1.05 bits per heavy atom. The van der Waals surface area contributed by atoms with E-state index in [4.69, 9.17) is 14.9 Å². The Labute approximate surface area is 218 Å². The highest BCUT2D eigenvalue weighted by Gasteiger charge is 2.28. The number of tetrazole rings is 1. The van der Waals surface area contributed by atoms with Crippen LogP contribution in [0.4, 0.5) is 4.79 Å². The molecule has 0 aliphatic carbocycles. The molecule has 38 heavy (non-hydrogen) atoms. The molecular weight excluding hydrogens is 490 g/mol. The van der Waals surface area contributed by atoms with Crippen LogP contribution in [0.5, 0.6) is 0 Å². The van der Waals surface area contributed by atoms with Gasteiger partial charge in [0.2, 0.25) is 0 Å². The molecule has 2 heterocycles. The lowest BCUT2D eigenvalue weighted by molar-refractivity contribution is -0.143. The minimum atomic E-state index is -0.688. The van der Waals surface area contributed by atoms with E-state index in [1.807, 2.05) is 0 Å². The van der Waals surface area contributed by atoms with Crippen LogP contribution >= 0.6 is 0 Å². The van der Waals surface area contributed by atoms with Crippen molar-refractivity contribution in [3.63, 3.8) is 0 Å². The molecule has 12 heteroatoms. The number of nitrogens with one attached hydrogen (secondary N) is 2.